The quantitative estimate of drug-likeness (QED) is 0.929. The van der Waals surface area contributed by atoms with Crippen molar-refractivity contribution in [3.8, 4) is 0 Å². The molecule has 100 valence electrons. The van der Waals surface area contributed by atoms with Crippen LogP contribution in [0.5, 0.6) is 0 Å². The van der Waals surface area contributed by atoms with Crippen molar-refractivity contribution in [3.63, 3.8) is 0 Å². The largest absolute Gasteiger partial charge is 0.351 e. The fourth-order valence-electron chi connectivity index (χ4n) is 2.86. The first-order valence-electron chi connectivity index (χ1n) is 6.45. The van der Waals surface area contributed by atoms with Crippen LogP contribution in [0.3, 0.4) is 0 Å². The molecule has 0 spiro atoms. The lowest BCUT2D eigenvalue weighted by Crippen LogP contribution is -2.41. The molecule has 2 unspecified atom stereocenters. The number of pyridine rings is 1. The molecular weight excluding hydrogens is 297 g/mol. The number of nitrogens with two attached hydrogens (primary N) is 1. The summed E-state index contributed by atoms with van der Waals surface area (Å²) in [6.45, 7) is 3.46. The van der Waals surface area contributed by atoms with Gasteiger partial charge < -0.3 is 10.6 Å². The van der Waals surface area contributed by atoms with Crippen LogP contribution in [0.25, 0.3) is 0 Å². The summed E-state index contributed by atoms with van der Waals surface area (Å²) in [5.74, 6) is 0.634. The Bertz CT molecular complexity index is 413. The van der Waals surface area contributed by atoms with E-state index < -0.39 is 0 Å². The standard InChI is InChI=1S/C13H19BrFN3/c1-2-18(12-5-3-4-9(12)7-16)13-11(15)6-10(14)8-17-13/h6,8-9,12H,2-5,7,16H2,1H3. The second kappa shape index (κ2) is 5.97. The molecule has 0 saturated heterocycles. The van der Waals surface area contributed by atoms with E-state index in [1.807, 2.05) is 6.92 Å². The highest BCUT2D eigenvalue weighted by molar-refractivity contribution is 9.10. The Morgan fingerprint density at radius 3 is 2.94 bits per heavy atom. The van der Waals surface area contributed by atoms with Crippen LogP contribution in [0.2, 0.25) is 0 Å². The minimum Gasteiger partial charge on any atom is -0.351 e. The van der Waals surface area contributed by atoms with E-state index in [0.717, 1.165) is 19.4 Å². The van der Waals surface area contributed by atoms with E-state index in [1.165, 1.54) is 12.5 Å². The molecule has 0 bridgehead atoms. The van der Waals surface area contributed by atoms with Gasteiger partial charge in [-0.15, -0.1) is 0 Å². The number of hydrogen-bond donors (Lipinski definition) is 1. The molecule has 1 aliphatic rings. The van der Waals surface area contributed by atoms with Gasteiger partial charge in [-0.05, 0) is 54.2 Å². The number of aromatic nitrogens is 1. The molecule has 5 heteroatoms. The molecule has 1 aromatic rings. The van der Waals surface area contributed by atoms with Crippen LogP contribution >= 0.6 is 15.9 Å². The zero-order valence-corrected chi connectivity index (χ0v) is 12.2. The first-order chi connectivity index (χ1) is 8.67. The maximum Gasteiger partial charge on any atom is 0.166 e. The van der Waals surface area contributed by atoms with Crippen molar-refractivity contribution in [2.75, 3.05) is 18.0 Å². The van der Waals surface area contributed by atoms with E-state index in [-0.39, 0.29) is 5.82 Å². The van der Waals surface area contributed by atoms with E-state index in [9.17, 15) is 4.39 Å². The minimum atomic E-state index is -0.270. The Balaban J connectivity index is 2.27. The summed E-state index contributed by atoms with van der Waals surface area (Å²) in [6, 6.07) is 1.79. The minimum absolute atomic E-state index is 0.270. The predicted molar refractivity (Wildman–Crippen MR) is 75.1 cm³/mol. The Labute approximate surface area is 116 Å². The molecule has 2 atom stereocenters. The fourth-order valence-corrected chi connectivity index (χ4v) is 3.17. The smallest absolute Gasteiger partial charge is 0.166 e. The molecular formula is C13H19BrFN3. The second-order valence-corrected chi connectivity index (χ2v) is 5.65. The van der Waals surface area contributed by atoms with Crippen molar-refractivity contribution in [2.45, 2.75) is 32.2 Å². The zero-order chi connectivity index (χ0) is 13.1. The molecule has 2 rings (SSSR count). The predicted octanol–water partition coefficient (Wildman–Crippen LogP) is 2.94. The van der Waals surface area contributed by atoms with Crippen LogP contribution in [0.4, 0.5) is 10.2 Å². The first-order valence-corrected chi connectivity index (χ1v) is 7.24. The van der Waals surface area contributed by atoms with Gasteiger partial charge in [-0.1, -0.05) is 6.42 Å². The summed E-state index contributed by atoms with van der Waals surface area (Å²) in [7, 11) is 0. The van der Waals surface area contributed by atoms with Gasteiger partial charge in [0.2, 0.25) is 0 Å². The molecule has 1 fully saturated rings. The van der Waals surface area contributed by atoms with Gasteiger partial charge in [-0.2, -0.15) is 0 Å². The van der Waals surface area contributed by atoms with Crippen LogP contribution in [0, 0.1) is 11.7 Å². The molecule has 1 aliphatic carbocycles. The summed E-state index contributed by atoms with van der Waals surface area (Å²) in [6.07, 6.45) is 5.03. The molecule has 0 aromatic carbocycles. The van der Waals surface area contributed by atoms with E-state index >= 15 is 0 Å². The van der Waals surface area contributed by atoms with Crippen LogP contribution < -0.4 is 10.6 Å². The number of halogens is 2. The van der Waals surface area contributed by atoms with Gasteiger partial charge in [0.05, 0.1) is 0 Å². The Morgan fingerprint density at radius 2 is 2.33 bits per heavy atom. The highest BCUT2D eigenvalue weighted by Crippen LogP contribution is 2.33. The fraction of sp³-hybridized carbons (Fsp3) is 0.615. The van der Waals surface area contributed by atoms with E-state index in [0.29, 0.717) is 28.8 Å². The van der Waals surface area contributed by atoms with Crippen molar-refractivity contribution in [1.82, 2.24) is 4.98 Å². The third-order valence-corrected chi connectivity index (χ3v) is 4.16. The van der Waals surface area contributed by atoms with Gasteiger partial charge in [0, 0.05) is 23.3 Å². The third kappa shape index (κ3) is 2.67. The van der Waals surface area contributed by atoms with Crippen molar-refractivity contribution >= 4 is 21.7 Å². The van der Waals surface area contributed by atoms with E-state index in [1.54, 1.807) is 6.20 Å². The first kappa shape index (κ1) is 13.7. The average Bonchev–Trinajstić information content (AvgIpc) is 2.81. The lowest BCUT2D eigenvalue weighted by Gasteiger charge is -2.33. The highest BCUT2D eigenvalue weighted by atomic mass is 79.9. The van der Waals surface area contributed by atoms with Crippen molar-refractivity contribution in [3.05, 3.63) is 22.6 Å². The van der Waals surface area contributed by atoms with E-state index in [2.05, 4.69) is 25.8 Å². The lowest BCUT2D eigenvalue weighted by atomic mass is 10.0. The molecule has 1 saturated carbocycles. The van der Waals surface area contributed by atoms with Gasteiger partial charge in [0.25, 0.3) is 0 Å². The monoisotopic (exact) mass is 315 g/mol. The Kier molecular flexibility index (Phi) is 4.56. The van der Waals surface area contributed by atoms with Gasteiger partial charge >= 0.3 is 0 Å². The SMILES string of the molecule is CCN(c1ncc(Br)cc1F)C1CCCC1CN. The number of rotatable bonds is 4. The summed E-state index contributed by atoms with van der Waals surface area (Å²) in [5.41, 5.74) is 5.81. The summed E-state index contributed by atoms with van der Waals surface area (Å²) >= 11 is 3.24. The highest BCUT2D eigenvalue weighted by Gasteiger charge is 2.32. The number of anilines is 1. The molecule has 18 heavy (non-hydrogen) atoms. The van der Waals surface area contributed by atoms with Gasteiger partial charge in [0.15, 0.2) is 11.6 Å². The van der Waals surface area contributed by atoms with Crippen molar-refractivity contribution < 1.29 is 4.39 Å². The van der Waals surface area contributed by atoms with Gasteiger partial charge in [-0.3, -0.25) is 0 Å². The normalized spacial score (nSPS) is 23.3. The topological polar surface area (TPSA) is 42.2 Å². The summed E-state index contributed by atoms with van der Waals surface area (Å²) < 4.78 is 14.7. The zero-order valence-electron chi connectivity index (χ0n) is 10.6. The van der Waals surface area contributed by atoms with Crippen LogP contribution in [-0.4, -0.2) is 24.1 Å². The second-order valence-electron chi connectivity index (χ2n) is 4.74. The van der Waals surface area contributed by atoms with Crippen LogP contribution in [-0.2, 0) is 0 Å². The maximum absolute atomic E-state index is 14.0. The van der Waals surface area contributed by atoms with Gasteiger partial charge in [-0.25, -0.2) is 9.37 Å². The number of hydrogen-bond acceptors (Lipinski definition) is 3. The third-order valence-electron chi connectivity index (χ3n) is 3.72. The average molecular weight is 316 g/mol. The summed E-state index contributed by atoms with van der Waals surface area (Å²) in [5, 5.41) is 0. The molecule has 3 nitrogen and oxygen atoms in total. The van der Waals surface area contributed by atoms with Crippen LogP contribution in [0.15, 0.2) is 16.7 Å². The molecule has 0 aliphatic heterocycles. The van der Waals surface area contributed by atoms with Crippen molar-refractivity contribution in [2.24, 2.45) is 11.7 Å². The molecule has 0 radical (unpaired) electrons. The summed E-state index contributed by atoms with van der Waals surface area (Å²) in [4.78, 5) is 6.29. The van der Waals surface area contributed by atoms with E-state index in [4.69, 9.17) is 5.73 Å². The Hall–Kier alpha value is -0.680. The van der Waals surface area contributed by atoms with Crippen LogP contribution in [0.1, 0.15) is 26.2 Å². The lowest BCUT2D eigenvalue weighted by molar-refractivity contribution is 0.453. The number of nitrogens with zero attached hydrogens (tertiary/aromatic N) is 2. The molecule has 1 heterocycles. The molecule has 1 aromatic heterocycles. The van der Waals surface area contributed by atoms with Crippen molar-refractivity contribution in [1.29, 1.82) is 0 Å². The van der Waals surface area contributed by atoms with Gasteiger partial charge in [0.1, 0.15) is 0 Å². The molecule has 2 N–H and O–H groups in total. The molecule has 0 amide bonds. The Morgan fingerprint density at radius 1 is 1.56 bits per heavy atom. The maximum atomic E-state index is 14.0.